The van der Waals surface area contributed by atoms with E-state index < -0.39 is 0 Å². The summed E-state index contributed by atoms with van der Waals surface area (Å²) in [5, 5.41) is 8.85. The molecule has 0 aromatic heterocycles. The van der Waals surface area contributed by atoms with Crippen LogP contribution in [0, 0.1) is 11.3 Å². The molecule has 1 aromatic carbocycles. The number of hydrogen-bond acceptors (Lipinski definition) is 4. The number of rotatable bonds is 3. The fraction of sp³-hybridized carbons (Fsp3) is 0.462. The molecule has 1 aromatic rings. The van der Waals surface area contributed by atoms with Gasteiger partial charge in [-0.2, -0.15) is 5.26 Å². The molecule has 1 unspecified atom stereocenters. The summed E-state index contributed by atoms with van der Waals surface area (Å²) in [7, 11) is 1.68. The molecule has 0 N–H and O–H groups in total. The molecule has 0 radical (unpaired) electrons. The second kappa shape index (κ2) is 5.67. The lowest BCUT2D eigenvalue weighted by Crippen LogP contribution is -2.41. The molecule has 0 aliphatic carbocycles. The zero-order valence-corrected chi connectivity index (χ0v) is 9.93. The van der Waals surface area contributed by atoms with Gasteiger partial charge in [0.05, 0.1) is 19.8 Å². The molecule has 1 atom stereocenters. The minimum absolute atomic E-state index is 0.307. The average molecular weight is 232 g/mol. The van der Waals surface area contributed by atoms with E-state index in [1.165, 1.54) is 0 Å². The average Bonchev–Trinajstić information content (AvgIpc) is 2.39. The Hall–Kier alpha value is -1.57. The van der Waals surface area contributed by atoms with Crippen molar-refractivity contribution in [1.29, 1.82) is 5.26 Å². The molecule has 90 valence electrons. The first-order valence-corrected chi connectivity index (χ1v) is 5.69. The molecule has 4 nitrogen and oxygen atoms in total. The van der Waals surface area contributed by atoms with Crippen molar-refractivity contribution in [2.75, 3.05) is 26.8 Å². The standard InChI is InChI=1S/C13H16N2O2/c1-16-13-5-3-2-4-11(13)9-15-6-7-17-12(8-14)10-15/h2-5,12H,6-7,9-10H2,1H3. The zero-order valence-electron chi connectivity index (χ0n) is 9.93. The van der Waals surface area contributed by atoms with Gasteiger partial charge >= 0.3 is 0 Å². The lowest BCUT2D eigenvalue weighted by atomic mass is 10.1. The van der Waals surface area contributed by atoms with Crippen molar-refractivity contribution in [2.24, 2.45) is 0 Å². The molecule has 17 heavy (non-hydrogen) atoms. The van der Waals surface area contributed by atoms with E-state index in [4.69, 9.17) is 14.7 Å². The first kappa shape index (κ1) is 11.9. The van der Waals surface area contributed by atoms with Crippen LogP contribution in [0.4, 0.5) is 0 Å². The van der Waals surface area contributed by atoms with E-state index in [9.17, 15) is 0 Å². The highest BCUT2D eigenvalue weighted by Crippen LogP contribution is 2.20. The lowest BCUT2D eigenvalue weighted by Gasteiger charge is -2.29. The SMILES string of the molecule is COc1ccccc1CN1CCOC(C#N)C1. The maximum Gasteiger partial charge on any atom is 0.156 e. The summed E-state index contributed by atoms with van der Waals surface area (Å²) in [6, 6.07) is 10.1. The minimum atomic E-state index is -0.307. The number of methoxy groups -OCH3 is 1. The third-order valence-electron chi connectivity index (χ3n) is 2.88. The van der Waals surface area contributed by atoms with Crippen molar-refractivity contribution in [3.05, 3.63) is 29.8 Å². The lowest BCUT2D eigenvalue weighted by molar-refractivity contribution is -0.00291. The predicted molar refractivity (Wildman–Crippen MR) is 63.6 cm³/mol. The van der Waals surface area contributed by atoms with Crippen LogP contribution in [0.3, 0.4) is 0 Å². The van der Waals surface area contributed by atoms with Gasteiger partial charge in [-0.05, 0) is 6.07 Å². The number of nitriles is 1. The molecular formula is C13H16N2O2. The van der Waals surface area contributed by atoms with Crippen LogP contribution < -0.4 is 4.74 Å². The smallest absolute Gasteiger partial charge is 0.156 e. The van der Waals surface area contributed by atoms with E-state index in [0.717, 1.165) is 24.4 Å². The van der Waals surface area contributed by atoms with Crippen LogP contribution in [-0.2, 0) is 11.3 Å². The molecule has 1 heterocycles. The Morgan fingerprint density at radius 1 is 1.53 bits per heavy atom. The van der Waals surface area contributed by atoms with Crippen molar-refractivity contribution in [1.82, 2.24) is 4.90 Å². The molecule has 0 amide bonds. The first-order valence-electron chi connectivity index (χ1n) is 5.69. The van der Waals surface area contributed by atoms with Gasteiger partial charge in [0.25, 0.3) is 0 Å². The van der Waals surface area contributed by atoms with Gasteiger partial charge in [-0.25, -0.2) is 0 Å². The van der Waals surface area contributed by atoms with E-state index in [1.807, 2.05) is 18.2 Å². The van der Waals surface area contributed by atoms with E-state index in [2.05, 4.69) is 17.0 Å². The van der Waals surface area contributed by atoms with Crippen LogP contribution in [-0.4, -0.2) is 37.8 Å². The van der Waals surface area contributed by atoms with Crippen molar-refractivity contribution >= 4 is 0 Å². The van der Waals surface area contributed by atoms with Crippen molar-refractivity contribution < 1.29 is 9.47 Å². The Morgan fingerprint density at radius 3 is 3.12 bits per heavy atom. The summed E-state index contributed by atoms with van der Waals surface area (Å²) in [6.45, 7) is 2.93. The number of para-hydroxylation sites is 1. The maximum absolute atomic E-state index is 8.85. The minimum Gasteiger partial charge on any atom is -0.496 e. The number of benzene rings is 1. The van der Waals surface area contributed by atoms with Crippen LogP contribution in [0.1, 0.15) is 5.56 Å². The molecular weight excluding hydrogens is 216 g/mol. The Morgan fingerprint density at radius 2 is 2.35 bits per heavy atom. The Bertz CT molecular complexity index is 414. The third kappa shape index (κ3) is 2.96. The molecule has 1 aliphatic rings. The van der Waals surface area contributed by atoms with Gasteiger partial charge < -0.3 is 9.47 Å². The maximum atomic E-state index is 8.85. The molecule has 2 rings (SSSR count). The third-order valence-corrected chi connectivity index (χ3v) is 2.88. The highest BCUT2D eigenvalue weighted by molar-refractivity contribution is 5.33. The summed E-state index contributed by atoms with van der Waals surface area (Å²) in [4.78, 5) is 2.22. The van der Waals surface area contributed by atoms with E-state index >= 15 is 0 Å². The van der Waals surface area contributed by atoms with Gasteiger partial charge in [-0.15, -0.1) is 0 Å². The Balaban J connectivity index is 2.03. The van der Waals surface area contributed by atoms with Crippen LogP contribution >= 0.6 is 0 Å². The quantitative estimate of drug-likeness (QED) is 0.790. The molecule has 1 fully saturated rings. The van der Waals surface area contributed by atoms with Gasteiger partial charge in [0, 0.05) is 25.2 Å². The van der Waals surface area contributed by atoms with Crippen LogP contribution in [0.25, 0.3) is 0 Å². The second-order valence-electron chi connectivity index (χ2n) is 4.04. The number of nitrogens with zero attached hydrogens (tertiary/aromatic N) is 2. The molecule has 1 saturated heterocycles. The van der Waals surface area contributed by atoms with Gasteiger partial charge in [0.1, 0.15) is 5.75 Å². The normalized spacial score (nSPS) is 20.8. The topological polar surface area (TPSA) is 45.5 Å². The number of hydrogen-bond donors (Lipinski definition) is 0. The van der Waals surface area contributed by atoms with E-state index in [0.29, 0.717) is 13.2 Å². The molecule has 4 heteroatoms. The highest BCUT2D eigenvalue weighted by Gasteiger charge is 2.20. The largest absolute Gasteiger partial charge is 0.496 e. The Kier molecular flexibility index (Phi) is 3.97. The summed E-state index contributed by atoms with van der Waals surface area (Å²) in [5.41, 5.74) is 1.15. The molecule has 0 saturated carbocycles. The monoisotopic (exact) mass is 232 g/mol. The van der Waals surface area contributed by atoms with Gasteiger partial charge in [0.15, 0.2) is 6.10 Å². The van der Waals surface area contributed by atoms with Gasteiger partial charge in [0.2, 0.25) is 0 Å². The van der Waals surface area contributed by atoms with Gasteiger partial charge in [-0.3, -0.25) is 4.90 Å². The zero-order chi connectivity index (χ0) is 12.1. The highest BCUT2D eigenvalue weighted by atomic mass is 16.5. The fourth-order valence-electron chi connectivity index (χ4n) is 2.00. The van der Waals surface area contributed by atoms with E-state index in [-0.39, 0.29) is 6.10 Å². The first-order chi connectivity index (χ1) is 8.33. The molecule has 0 bridgehead atoms. The van der Waals surface area contributed by atoms with Crippen molar-refractivity contribution in [3.8, 4) is 11.8 Å². The molecule has 1 aliphatic heterocycles. The Labute approximate surface area is 101 Å². The summed E-state index contributed by atoms with van der Waals surface area (Å²) < 4.78 is 10.6. The van der Waals surface area contributed by atoms with Crippen LogP contribution in [0.2, 0.25) is 0 Å². The summed E-state index contributed by atoms with van der Waals surface area (Å²) in [6.07, 6.45) is -0.307. The number of ether oxygens (including phenoxy) is 2. The van der Waals surface area contributed by atoms with Crippen LogP contribution in [0.5, 0.6) is 5.75 Å². The van der Waals surface area contributed by atoms with E-state index in [1.54, 1.807) is 7.11 Å². The predicted octanol–water partition coefficient (Wildman–Crippen LogP) is 1.42. The molecule has 0 spiro atoms. The summed E-state index contributed by atoms with van der Waals surface area (Å²) >= 11 is 0. The van der Waals surface area contributed by atoms with Crippen molar-refractivity contribution in [3.63, 3.8) is 0 Å². The van der Waals surface area contributed by atoms with Gasteiger partial charge in [-0.1, -0.05) is 18.2 Å². The van der Waals surface area contributed by atoms with Crippen LogP contribution in [0.15, 0.2) is 24.3 Å². The van der Waals surface area contributed by atoms with Crippen molar-refractivity contribution in [2.45, 2.75) is 12.6 Å². The fourth-order valence-corrected chi connectivity index (χ4v) is 2.00. The summed E-state index contributed by atoms with van der Waals surface area (Å²) in [5.74, 6) is 0.896. The second-order valence-corrected chi connectivity index (χ2v) is 4.04. The number of morpholine rings is 1.